The number of carbonyl (C=O) groups is 2. The number of esters is 1. The smallest absolute Gasteiger partial charge is 0.325 e. The van der Waals surface area contributed by atoms with E-state index in [0.29, 0.717) is 10.2 Å². The summed E-state index contributed by atoms with van der Waals surface area (Å²) in [6.07, 6.45) is 1.50. The predicted octanol–water partition coefficient (Wildman–Crippen LogP) is 0.747. The molecule has 0 bridgehead atoms. The van der Waals surface area contributed by atoms with E-state index in [1.54, 1.807) is 12.1 Å². The Bertz CT molecular complexity index is 381. The van der Waals surface area contributed by atoms with Crippen molar-refractivity contribution in [3.8, 4) is 0 Å². The number of pyridine rings is 1. The van der Waals surface area contributed by atoms with Gasteiger partial charge in [0.15, 0.2) is 0 Å². The summed E-state index contributed by atoms with van der Waals surface area (Å²) in [5.41, 5.74) is 0.431. The van der Waals surface area contributed by atoms with E-state index in [1.807, 2.05) is 0 Å². The van der Waals surface area contributed by atoms with Crippen LogP contribution < -0.4 is 5.32 Å². The van der Waals surface area contributed by atoms with Crippen molar-refractivity contribution in [2.75, 3.05) is 13.7 Å². The topological polar surface area (TPSA) is 68.3 Å². The van der Waals surface area contributed by atoms with Gasteiger partial charge in [-0.1, -0.05) is 0 Å². The molecule has 1 aromatic heterocycles. The highest BCUT2D eigenvalue weighted by molar-refractivity contribution is 9.10. The summed E-state index contributed by atoms with van der Waals surface area (Å²) in [7, 11) is 1.26. The van der Waals surface area contributed by atoms with Crippen molar-refractivity contribution in [1.82, 2.24) is 10.3 Å². The Morgan fingerprint density at radius 2 is 2.33 bits per heavy atom. The average molecular weight is 273 g/mol. The van der Waals surface area contributed by atoms with Crippen molar-refractivity contribution in [3.05, 3.63) is 28.5 Å². The van der Waals surface area contributed by atoms with E-state index in [-0.39, 0.29) is 12.5 Å². The normalized spacial score (nSPS) is 9.47. The van der Waals surface area contributed by atoms with Crippen LogP contribution in [-0.2, 0) is 9.53 Å². The van der Waals surface area contributed by atoms with Crippen molar-refractivity contribution in [2.45, 2.75) is 0 Å². The van der Waals surface area contributed by atoms with Gasteiger partial charge in [0.05, 0.1) is 7.11 Å². The van der Waals surface area contributed by atoms with E-state index >= 15 is 0 Å². The third kappa shape index (κ3) is 3.67. The van der Waals surface area contributed by atoms with Gasteiger partial charge >= 0.3 is 5.97 Å². The second-order valence-corrected chi connectivity index (χ2v) is 3.44. The zero-order valence-electron chi connectivity index (χ0n) is 7.99. The number of nitrogens with zero attached hydrogens (tertiary/aromatic N) is 1. The molecular formula is C9H9BrN2O3. The summed E-state index contributed by atoms with van der Waals surface area (Å²) < 4.78 is 4.95. The molecule has 0 aliphatic rings. The van der Waals surface area contributed by atoms with Gasteiger partial charge in [-0.25, -0.2) is 4.98 Å². The first-order chi connectivity index (χ1) is 7.13. The monoisotopic (exact) mass is 272 g/mol. The van der Waals surface area contributed by atoms with Crippen molar-refractivity contribution in [2.24, 2.45) is 0 Å². The molecule has 1 N–H and O–H groups in total. The number of aromatic nitrogens is 1. The second kappa shape index (κ2) is 5.45. The van der Waals surface area contributed by atoms with Crippen LogP contribution in [0, 0.1) is 0 Å². The third-order valence-corrected chi connectivity index (χ3v) is 2.04. The van der Waals surface area contributed by atoms with Crippen molar-refractivity contribution in [1.29, 1.82) is 0 Å². The van der Waals surface area contributed by atoms with Gasteiger partial charge in [0.1, 0.15) is 11.1 Å². The van der Waals surface area contributed by atoms with E-state index in [0.717, 1.165) is 0 Å². The second-order valence-electron chi connectivity index (χ2n) is 2.63. The van der Waals surface area contributed by atoms with Gasteiger partial charge in [0.25, 0.3) is 5.91 Å². The number of halogens is 1. The minimum absolute atomic E-state index is 0.144. The molecule has 0 unspecified atom stereocenters. The van der Waals surface area contributed by atoms with Crippen LogP contribution in [0.4, 0.5) is 0 Å². The number of carbonyl (C=O) groups excluding carboxylic acids is 2. The number of nitrogens with one attached hydrogen (secondary N) is 1. The summed E-state index contributed by atoms with van der Waals surface area (Å²) >= 11 is 3.14. The average Bonchev–Trinajstić information content (AvgIpc) is 2.25. The lowest BCUT2D eigenvalue weighted by Crippen LogP contribution is -2.30. The molecule has 0 atom stereocenters. The first-order valence-corrected chi connectivity index (χ1v) is 4.89. The van der Waals surface area contributed by atoms with Crippen LogP contribution in [0.2, 0.25) is 0 Å². The standard InChI is InChI=1S/C9H9BrN2O3/c1-15-8(13)5-12-9(14)6-2-3-11-7(10)4-6/h2-4H,5H2,1H3,(H,12,14). The molecule has 0 radical (unpaired) electrons. The van der Waals surface area contributed by atoms with Gasteiger partial charge < -0.3 is 10.1 Å². The first-order valence-electron chi connectivity index (χ1n) is 4.10. The maximum absolute atomic E-state index is 11.4. The lowest BCUT2D eigenvalue weighted by Gasteiger charge is -2.03. The summed E-state index contributed by atoms with van der Waals surface area (Å²) in [4.78, 5) is 26.1. The Kier molecular flexibility index (Phi) is 4.23. The zero-order valence-corrected chi connectivity index (χ0v) is 9.58. The number of hydrogen-bond donors (Lipinski definition) is 1. The Morgan fingerprint density at radius 1 is 1.60 bits per heavy atom. The van der Waals surface area contributed by atoms with Crippen LogP contribution >= 0.6 is 15.9 Å². The van der Waals surface area contributed by atoms with Gasteiger partial charge in [0.2, 0.25) is 0 Å². The van der Waals surface area contributed by atoms with Crippen LogP contribution in [0.1, 0.15) is 10.4 Å². The summed E-state index contributed by atoms with van der Waals surface area (Å²) in [5, 5.41) is 2.41. The molecule has 1 rings (SSSR count). The van der Waals surface area contributed by atoms with Crippen molar-refractivity contribution >= 4 is 27.8 Å². The summed E-state index contributed by atoms with van der Waals surface area (Å²) in [6, 6.07) is 3.12. The molecule has 0 aliphatic heterocycles. The molecule has 1 heterocycles. The van der Waals surface area contributed by atoms with E-state index in [2.05, 4.69) is 31.0 Å². The number of methoxy groups -OCH3 is 1. The molecule has 80 valence electrons. The van der Waals surface area contributed by atoms with Crippen LogP contribution in [0.5, 0.6) is 0 Å². The van der Waals surface area contributed by atoms with E-state index in [4.69, 9.17) is 0 Å². The van der Waals surface area contributed by atoms with Gasteiger partial charge in [-0.05, 0) is 28.1 Å². The minimum atomic E-state index is -0.489. The van der Waals surface area contributed by atoms with Crippen LogP contribution in [-0.4, -0.2) is 30.5 Å². The van der Waals surface area contributed by atoms with Crippen LogP contribution in [0.15, 0.2) is 22.9 Å². The van der Waals surface area contributed by atoms with Crippen molar-refractivity contribution < 1.29 is 14.3 Å². The zero-order chi connectivity index (χ0) is 11.3. The molecule has 0 aliphatic carbocycles. The third-order valence-electron chi connectivity index (χ3n) is 1.61. The highest BCUT2D eigenvalue weighted by Gasteiger charge is 2.07. The summed E-state index contributed by atoms with van der Waals surface area (Å²) in [6.45, 7) is -0.144. The number of ether oxygens (including phenoxy) is 1. The lowest BCUT2D eigenvalue weighted by atomic mass is 10.2. The molecule has 0 aromatic carbocycles. The molecule has 1 amide bonds. The lowest BCUT2D eigenvalue weighted by molar-refractivity contribution is -0.139. The van der Waals surface area contributed by atoms with E-state index < -0.39 is 5.97 Å². The summed E-state index contributed by atoms with van der Waals surface area (Å²) in [5.74, 6) is -0.833. The van der Waals surface area contributed by atoms with E-state index in [1.165, 1.54) is 13.3 Å². The van der Waals surface area contributed by atoms with Gasteiger partial charge in [-0.2, -0.15) is 0 Å². The maximum Gasteiger partial charge on any atom is 0.325 e. The molecule has 0 saturated carbocycles. The molecule has 6 heteroatoms. The Morgan fingerprint density at radius 3 is 2.93 bits per heavy atom. The highest BCUT2D eigenvalue weighted by Crippen LogP contribution is 2.07. The molecule has 5 nitrogen and oxygen atoms in total. The first kappa shape index (κ1) is 11.6. The maximum atomic E-state index is 11.4. The van der Waals surface area contributed by atoms with Crippen molar-refractivity contribution in [3.63, 3.8) is 0 Å². The molecule has 0 spiro atoms. The fourth-order valence-corrected chi connectivity index (χ4v) is 1.24. The van der Waals surface area contributed by atoms with Gasteiger partial charge in [0, 0.05) is 11.8 Å². The largest absolute Gasteiger partial charge is 0.468 e. The minimum Gasteiger partial charge on any atom is -0.468 e. The Labute approximate surface area is 95.0 Å². The fourth-order valence-electron chi connectivity index (χ4n) is 0.870. The molecule has 0 fully saturated rings. The highest BCUT2D eigenvalue weighted by atomic mass is 79.9. The predicted molar refractivity (Wildman–Crippen MR) is 56.3 cm³/mol. The number of rotatable bonds is 3. The fraction of sp³-hybridized carbons (Fsp3) is 0.222. The number of amides is 1. The SMILES string of the molecule is COC(=O)CNC(=O)c1ccnc(Br)c1. The molecule has 1 aromatic rings. The Hall–Kier alpha value is -1.43. The van der Waals surface area contributed by atoms with E-state index in [9.17, 15) is 9.59 Å². The molecular weight excluding hydrogens is 264 g/mol. The Balaban J connectivity index is 2.58. The molecule has 15 heavy (non-hydrogen) atoms. The molecule has 0 saturated heterocycles. The van der Waals surface area contributed by atoms with Gasteiger partial charge in [-0.3, -0.25) is 9.59 Å². The van der Waals surface area contributed by atoms with Crippen LogP contribution in [0.3, 0.4) is 0 Å². The van der Waals surface area contributed by atoms with Gasteiger partial charge in [-0.15, -0.1) is 0 Å². The quantitative estimate of drug-likeness (QED) is 0.651. The van der Waals surface area contributed by atoms with Crippen LogP contribution in [0.25, 0.3) is 0 Å². The number of hydrogen-bond acceptors (Lipinski definition) is 4.